The van der Waals surface area contributed by atoms with Crippen molar-refractivity contribution in [1.82, 2.24) is 10.2 Å². The summed E-state index contributed by atoms with van der Waals surface area (Å²) in [6.45, 7) is 4.70. The van der Waals surface area contributed by atoms with Crippen molar-refractivity contribution in [2.75, 3.05) is 26.2 Å². The zero-order chi connectivity index (χ0) is 16.0. The average molecular weight is 302 g/mol. The molecule has 0 saturated carbocycles. The molecule has 0 unspecified atom stereocenters. The SMILES string of the molecule is C=CC(=O)N1CCC(C(=O)NCCO)(c2ccccc2)CC1. The molecule has 118 valence electrons. The van der Waals surface area contributed by atoms with Gasteiger partial charge in [0.15, 0.2) is 0 Å². The molecule has 2 N–H and O–H groups in total. The van der Waals surface area contributed by atoms with Gasteiger partial charge in [0.1, 0.15) is 0 Å². The Balaban J connectivity index is 2.23. The Morgan fingerprint density at radius 2 is 1.91 bits per heavy atom. The second-order valence-electron chi connectivity index (χ2n) is 5.46. The lowest BCUT2D eigenvalue weighted by molar-refractivity contribution is -0.134. The van der Waals surface area contributed by atoms with E-state index in [0.29, 0.717) is 25.9 Å². The first-order valence-corrected chi connectivity index (χ1v) is 7.50. The van der Waals surface area contributed by atoms with Gasteiger partial charge in [0.05, 0.1) is 12.0 Å². The van der Waals surface area contributed by atoms with Crippen LogP contribution in [-0.4, -0.2) is 48.1 Å². The van der Waals surface area contributed by atoms with E-state index in [1.165, 1.54) is 6.08 Å². The Labute approximate surface area is 130 Å². The van der Waals surface area contributed by atoms with Gasteiger partial charge in [-0.05, 0) is 24.5 Å². The highest BCUT2D eigenvalue weighted by molar-refractivity contribution is 5.90. The minimum atomic E-state index is -0.644. The standard InChI is InChI=1S/C17H22N2O3/c1-2-15(21)19-11-8-17(9-12-19,16(22)18-10-13-20)14-6-4-3-5-7-14/h2-7,20H,1,8-13H2,(H,18,22). The lowest BCUT2D eigenvalue weighted by Crippen LogP contribution is -2.53. The number of hydrogen-bond donors (Lipinski definition) is 2. The maximum absolute atomic E-state index is 12.7. The fraction of sp³-hybridized carbons (Fsp3) is 0.412. The molecule has 1 aromatic carbocycles. The molecule has 1 heterocycles. The lowest BCUT2D eigenvalue weighted by Gasteiger charge is -2.40. The minimum absolute atomic E-state index is 0.0848. The summed E-state index contributed by atoms with van der Waals surface area (Å²) in [5.74, 6) is -0.184. The normalized spacial score (nSPS) is 16.9. The number of hydrogen-bond acceptors (Lipinski definition) is 3. The molecule has 2 rings (SSSR count). The summed E-state index contributed by atoms with van der Waals surface area (Å²) in [4.78, 5) is 26.1. The van der Waals surface area contributed by atoms with E-state index in [-0.39, 0.29) is 25.0 Å². The molecule has 1 aliphatic rings. The van der Waals surface area contributed by atoms with Crippen LogP contribution in [0.1, 0.15) is 18.4 Å². The van der Waals surface area contributed by atoms with E-state index in [0.717, 1.165) is 5.56 Å². The number of rotatable bonds is 5. The zero-order valence-corrected chi connectivity index (χ0v) is 12.6. The van der Waals surface area contributed by atoms with Crippen molar-refractivity contribution in [3.8, 4) is 0 Å². The van der Waals surface area contributed by atoms with E-state index in [4.69, 9.17) is 5.11 Å². The summed E-state index contributed by atoms with van der Waals surface area (Å²) in [5, 5.41) is 11.7. The van der Waals surface area contributed by atoms with Crippen LogP contribution >= 0.6 is 0 Å². The van der Waals surface area contributed by atoms with Crippen LogP contribution in [0.2, 0.25) is 0 Å². The first-order valence-electron chi connectivity index (χ1n) is 7.50. The van der Waals surface area contributed by atoms with Crippen molar-refractivity contribution < 1.29 is 14.7 Å². The molecule has 5 heteroatoms. The molecule has 22 heavy (non-hydrogen) atoms. The monoisotopic (exact) mass is 302 g/mol. The van der Waals surface area contributed by atoms with Crippen molar-refractivity contribution in [1.29, 1.82) is 0 Å². The highest BCUT2D eigenvalue weighted by atomic mass is 16.3. The molecule has 0 radical (unpaired) electrons. The lowest BCUT2D eigenvalue weighted by atomic mass is 9.72. The van der Waals surface area contributed by atoms with Crippen LogP contribution in [0.15, 0.2) is 43.0 Å². The predicted octanol–water partition coefficient (Wildman–Crippen LogP) is 0.841. The van der Waals surface area contributed by atoms with E-state index in [1.54, 1.807) is 4.90 Å². The van der Waals surface area contributed by atoms with Crippen LogP contribution in [0.3, 0.4) is 0 Å². The van der Waals surface area contributed by atoms with Gasteiger partial charge in [-0.15, -0.1) is 0 Å². The molecule has 1 aliphatic heterocycles. The number of likely N-dealkylation sites (tertiary alicyclic amines) is 1. The van der Waals surface area contributed by atoms with E-state index >= 15 is 0 Å². The number of aliphatic hydroxyl groups is 1. The highest BCUT2D eigenvalue weighted by Gasteiger charge is 2.43. The van der Waals surface area contributed by atoms with E-state index in [9.17, 15) is 9.59 Å². The first-order chi connectivity index (χ1) is 10.6. The zero-order valence-electron chi connectivity index (χ0n) is 12.6. The summed E-state index contributed by atoms with van der Waals surface area (Å²) < 4.78 is 0. The smallest absolute Gasteiger partial charge is 0.245 e. The van der Waals surface area contributed by atoms with Crippen LogP contribution in [-0.2, 0) is 15.0 Å². The number of nitrogens with zero attached hydrogens (tertiary/aromatic N) is 1. The summed E-state index contributed by atoms with van der Waals surface area (Å²) in [6.07, 6.45) is 2.43. The van der Waals surface area contributed by atoms with Gasteiger partial charge in [-0.1, -0.05) is 36.9 Å². The maximum atomic E-state index is 12.7. The minimum Gasteiger partial charge on any atom is -0.395 e. The molecule has 0 spiro atoms. The largest absolute Gasteiger partial charge is 0.395 e. The molecule has 0 aromatic heterocycles. The first kappa shape index (κ1) is 16.2. The fourth-order valence-corrected chi connectivity index (χ4v) is 2.98. The molecule has 0 bridgehead atoms. The number of aliphatic hydroxyl groups excluding tert-OH is 1. The molecule has 2 amide bonds. The van der Waals surface area contributed by atoms with Crippen LogP contribution < -0.4 is 5.32 Å². The van der Waals surface area contributed by atoms with Gasteiger partial charge >= 0.3 is 0 Å². The van der Waals surface area contributed by atoms with Gasteiger partial charge < -0.3 is 15.3 Å². The predicted molar refractivity (Wildman–Crippen MR) is 84.2 cm³/mol. The van der Waals surface area contributed by atoms with Crippen LogP contribution in [0.5, 0.6) is 0 Å². The third-order valence-electron chi connectivity index (χ3n) is 4.26. The van der Waals surface area contributed by atoms with Crippen molar-refractivity contribution in [2.45, 2.75) is 18.3 Å². The number of carbonyl (C=O) groups is 2. The second-order valence-corrected chi connectivity index (χ2v) is 5.46. The summed E-state index contributed by atoms with van der Waals surface area (Å²) in [5.41, 5.74) is 0.310. The third-order valence-corrected chi connectivity index (χ3v) is 4.26. The van der Waals surface area contributed by atoms with Gasteiger partial charge in [-0.2, -0.15) is 0 Å². The summed E-state index contributed by atoms with van der Waals surface area (Å²) >= 11 is 0. The number of benzene rings is 1. The van der Waals surface area contributed by atoms with E-state index in [1.807, 2.05) is 30.3 Å². The Hall–Kier alpha value is -2.14. The topological polar surface area (TPSA) is 69.6 Å². The van der Waals surface area contributed by atoms with Gasteiger partial charge in [-0.25, -0.2) is 0 Å². The van der Waals surface area contributed by atoms with Crippen molar-refractivity contribution in [3.05, 3.63) is 48.6 Å². The molecular weight excluding hydrogens is 280 g/mol. The molecule has 1 fully saturated rings. The molecule has 5 nitrogen and oxygen atoms in total. The number of piperidine rings is 1. The van der Waals surface area contributed by atoms with Crippen LogP contribution in [0, 0.1) is 0 Å². The van der Waals surface area contributed by atoms with Gasteiger partial charge in [0, 0.05) is 19.6 Å². The average Bonchev–Trinajstić information content (AvgIpc) is 2.59. The Kier molecular flexibility index (Phi) is 5.33. The van der Waals surface area contributed by atoms with Gasteiger partial charge in [-0.3, -0.25) is 9.59 Å². The molecule has 1 aromatic rings. The molecule has 1 saturated heterocycles. The van der Waals surface area contributed by atoms with Crippen molar-refractivity contribution >= 4 is 11.8 Å². The molecule has 0 atom stereocenters. The Morgan fingerprint density at radius 1 is 1.27 bits per heavy atom. The Bertz CT molecular complexity index is 534. The molecule has 0 aliphatic carbocycles. The quantitative estimate of drug-likeness (QED) is 0.792. The summed E-state index contributed by atoms with van der Waals surface area (Å²) in [6, 6.07) is 9.64. The van der Waals surface area contributed by atoms with Crippen molar-refractivity contribution in [2.24, 2.45) is 0 Å². The number of amides is 2. The summed E-state index contributed by atoms with van der Waals surface area (Å²) in [7, 11) is 0. The third kappa shape index (κ3) is 3.20. The fourth-order valence-electron chi connectivity index (χ4n) is 2.98. The Morgan fingerprint density at radius 3 is 2.45 bits per heavy atom. The van der Waals surface area contributed by atoms with Crippen LogP contribution in [0.4, 0.5) is 0 Å². The maximum Gasteiger partial charge on any atom is 0.245 e. The highest BCUT2D eigenvalue weighted by Crippen LogP contribution is 2.36. The van der Waals surface area contributed by atoms with Gasteiger partial charge in [0.2, 0.25) is 11.8 Å². The van der Waals surface area contributed by atoms with Crippen LogP contribution in [0.25, 0.3) is 0 Å². The number of nitrogens with one attached hydrogen (secondary N) is 1. The van der Waals surface area contributed by atoms with Gasteiger partial charge in [0.25, 0.3) is 0 Å². The van der Waals surface area contributed by atoms with Crippen molar-refractivity contribution in [3.63, 3.8) is 0 Å². The molecular formula is C17H22N2O3. The van der Waals surface area contributed by atoms with E-state index in [2.05, 4.69) is 11.9 Å². The number of carbonyl (C=O) groups excluding carboxylic acids is 2. The second kappa shape index (κ2) is 7.22. The van der Waals surface area contributed by atoms with E-state index < -0.39 is 5.41 Å².